The van der Waals surface area contributed by atoms with Gasteiger partial charge in [0.1, 0.15) is 5.54 Å². The lowest BCUT2D eigenvalue weighted by Gasteiger charge is -2.30. The molecule has 1 aliphatic carbocycles. The van der Waals surface area contributed by atoms with Crippen LogP contribution in [-0.4, -0.2) is 53.2 Å². The third-order valence-electron chi connectivity index (χ3n) is 4.92. The molecule has 2 rings (SSSR count). The van der Waals surface area contributed by atoms with Crippen LogP contribution in [0, 0.1) is 0 Å². The monoisotopic (exact) mass is 427 g/mol. The smallest absolute Gasteiger partial charge is 0.337 e. The first-order chi connectivity index (χ1) is 13.7. The molecule has 0 aromatic heterocycles. The molecule has 0 saturated heterocycles. The predicted molar refractivity (Wildman–Crippen MR) is 102 cm³/mol. The maximum atomic E-state index is 13.1. The molecule has 10 heteroatoms. The predicted octanol–water partition coefficient (Wildman–Crippen LogP) is 1.80. The number of nitrogens with one attached hydrogen (secondary N) is 1. The number of hydrogen-bond donors (Lipinski definition) is 1. The number of benzene rings is 1. The fourth-order valence-corrected chi connectivity index (χ4v) is 4.90. The summed E-state index contributed by atoms with van der Waals surface area (Å²) in [6, 6.07) is 3.35. The number of rotatable bonds is 6. The standard InChI is InChI=1S/C19H25NO8S/c1-26-16(21)13-10-14(17(22)27-2)12-15(11-13)29(24,25)20-19(18(23)28-3)8-6-4-5-7-9-19/h10-12,20H,4-9H2,1-3H3. The highest BCUT2D eigenvalue weighted by atomic mass is 32.2. The minimum Gasteiger partial charge on any atom is -0.468 e. The molecule has 0 heterocycles. The Morgan fingerprint density at radius 3 is 1.72 bits per heavy atom. The van der Waals surface area contributed by atoms with Gasteiger partial charge in [-0.2, -0.15) is 4.72 Å². The molecule has 1 aromatic rings. The molecule has 1 saturated carbocycles. The minimum atomic E-state index is -4.28. The number of carbonyl (C=O) groups is 3. The number of carbonyl (C=O) groups excluding carboxylic acids is 3. The van der Waals surface area contributed by atoms with E-state index in [2.05, 4.69) is 14.2 Å². The van der Waals surface area contributed by atoms with Crippen LogP contribution in [0.25, 0.3) is 0 Å². The van der Waals surface area contributed by atoms with E-state index in [1.54, 1.807) is 0 Å². The Bertz CT molecular complexity index is 851. The Hall–Kier alpha value is -2.46. The molecule has 0 amide bonds. The van der Waals surface area contributed by atoms with Crippen molar-refractivity contribution in [2.75, 3.05) is 21.3 Å². The van der Waals surface area contributed by atoms with Gasteiger partial charge in [-0.15, -0.1) is 0 Å². The molecule has 0 bridgehead atoms. The molecule has 0 aliphatic heterocycles. The summed E-state index contributed by atoms with van der Waals surface area (Å²) in [4.78, 5) is 36.0. The van der Waals surface area contributed by atoms with E-state index >= 15 is 0 Å². The van der Waals surface area contributed by atoms with Crippen LogP contribution in [0.4, 0.5) is 0 Å². The number of methoxy groups -OCH3 is 3. The van der Waals surface area contributed by atoms with E-state index in [4.69, 9.17) is 4.74 Å². The van der Waals surface area contributed by atoms with Crippen molar-refractivity contribution in [1.29, 1.82) is 0 Å². The van der Waals surface area contributed by atoms with E-state index in [0.29, 0.717) is 25.7 Å². The Morgan fingerprint density at radius 2 is 1.31 bits per heavy atom. The summed E-state index contributed by atoms with van der Waals surface area (Å²) in [7, 11) is -0.807. The van der Waals surface area contributed by atoms with Crippen molar-refractivity contribution in [1.82, 2.24) is 4.72 Å². The van der Waals surface area contributed by atoms with Crippen molar-refractivity contribution in [3.8, 4) is 0 Å². The fraction of sp³-hybridized carbons (Fsp3) is 0.526. The van der Waals surface area contributed by atoms with Crippen molar-refractivity contribution >= 4 is 27.9 Å². The van der Waals surface area contributed by atoms with Crippen LogP contribution in [0.15, 0.2) is 23.1 Å². The summed E-state index contributed by atoms with van der Waals surface area (Å²) in [5.41, 5.74) is -1.68. The van der Waals surface area contributed by atoms with E-state index in [1.165, 1.54) is 13.2 Å². The van der Waals surface area contributed by atoms with Gasteiger partial charge in [0.15, 0.2) is 0 Å². The number of sulfonamides is 1. The van der Waals surface area contributed by atoms with E-state index in [0.717, 1.165) is 39.2 Å². The van der Waals surface area contributed by atoms with Gasteiger partial charge < -0.3 is 14.2 Å². The van der Waals surface area contributed by atoms with Gasteiger partial charge >= 0.3 is 17.9 Å². The average Bonchev–Trinajstić information content (AvgIpc) is 2.97. The quantitative estimate of drug-likeness (QED) is 0.414. The molecule has 0 spiro atoms. The van der Waals surface area contributed by atoms with Crippen molar-refractivity contribution < 1.29 is 37.0 Å². The SMILES string of the molecule is COC(=O)c1cc(C(=O)OC)cc(S(=O)(=O)NC2(C(=O)OC)CCCCCC2)c1. The maximum Gasteiger partial charge on any atom is 0.337 e. The summed E-state index contributed by atoms with van der Waals surface area (Å²) < 4.78 is 42.9. The van der Waals surface area contributed by atoms with Crippen LogP contribution in [0.5, 0.6) is 0 Å². The molecular formula is C19H25NO8S. The molecule has 0 unspecified atom stereocenters. The highest BCUT2D eigenvalue weighted by molar-refractivity contribution is 7.89. The summed E-state index contributed by atoms with van der Waals surface area (Å²) >= 11 is 0. The molecule has 160 valence electrons. The Balaban J connectivity index is 2.53. The van der Waals surface area contributed by atoms with Crippen LogP contribution in [0.1, 0.15) is 59.2 Å². The first-order valence-corrected chi connectivity index (χ1v) is 10.6. The first-order valence-electron chi connectivity index (χ1n) is 9.13. The Kier molecular flexibility index (Phi) is 7.37. The zero-order valence-corrected chi connectivity index (χ0v) is 17.5. The number of hydrogen-bond acceptors (Lipinski definition) is 8. The van der Waals surface area contributed by atoms with Crippen LogP contribution in [0.2, 0.25) is 0 Å². The number of esters is 3. The van der Waals surface area contributed by atoms with Gasteiger partial charge in [-0.1, -0.05) is 25.7 Å². The lowest BCUT2D eigenvalue weighted by Crippen LogP contribution is -2.54. The molecule has 0 radical (unpaired) electrons. The van der Waals surface area contributed by atoms with Crippen LogP contribution < -0.4 is 4.72 Å². The summed E-state index contributed by atoms with van der Waals surface area (Å²) in [6.45, 7) is 0. The summed E-state index contributed by atoms with van der Waals surface area (Å²) in [5.74, 6) is -2.30. The fourth-order valence-electron chi connectivity index (χ4n) is 3.42. The second kappa shape index (κ2) is 9.36. The molecule has 29 heavy (non-hydrogen) atoms. The summed E-state index contributed by atoms with van der Waals surface area (Å²) in [6.07, 6.45) is 3.66. The van der Waals surface area contributed by atoms with Crippen LogP contribution in [0.3, 0.4) is 0 Å². The third kappa shape index (κ3) is 5.13. The maximum absolute atomic E-state index is 13.1. The minimum absolute atomic E-state index is 0.135. The summed E-state index contributed by atoms with van der Waals surface area (Å²) in [5, 5.41) is 0. The Labute approximate surface area is 169 Å². The third-order valence-corrected chi connectivity index (χ3v) is 6.44. The van der Waals surface area contributed by atoms with Gasteiger partial charge in [-0.25, -0.2) is 18.0 Å². The van der Waals surface area contributed by atoms with Gasteiger partial charge in [-0.05, 0) is 31.0 Å². The lowest BCUT2D eigenvalue weighted by molar-refractivity contribution is -0.148. The number of ether oxygens (including phenoxy) is 3. The molecule has 0 atom stereocenters. The van der Waals surface area contributed by atoms with E-state index in [1.807, 2.05) is 0 Å². The zero-order valence-electron chi connectivity index (χ0n) is 16.6. The highest BCUT2D eigenvalue weighted by Gasteiger charge is 2.43. The second-order valence-corrected chi connectivity index (χ2v) is 8.51. The normalized spacial score (nSPS) is 16.4. The van der Waals surface area contributed by atoms with Crippen molar-refractivity contribution in [2.24, 2.45) is 0 Å². The first kappa shape index (κ1) is 22.8. The average molecular weight is 427 g/mol. The zero-order chi connectivity index (χ0) is 21.7. The van der Waals surface area contributed by atoms with E-state index in [-0.39, 0.29) is 16.0 Å². The lowest BCUT2D eigenvalue weighted by atomic mass is 9.92. The van der Waals surface area contributed by atoms with Gasteiger partial charge in [0, 0.05) is 0 Å². The Morgan fingerprint density at radius 1 is 0.828 bits per heavy atom. The topological polar surface area (TPSA) is 125 Å². The van der Waals surface area contributed by atoms with Crippen molar-refractivity contribution in [2.45, 2.75) is 49.0 Å². The van der Waals surface area contributed by atoms with Crippen LogP contribution in [-0.2, 0) is 29.0 Å². The highest BCUT2D eigenvalue weighted by Crippen LogP contribution is 2.30. The van der Waals surface area contributed by atoms with Gasteiger partial charge in [0.05, 0.1) is 37.4 Å². The van der Waals surface area contributed by atoms with E-state index < -0.39 is 33.5 Å². The van der Waals surface area contributed by atoms with Crippen LogP contribution >= 0.6 is 0 Å². The largest absolute Gasteiger partial charge is 0.468 e. The van der Waals surface area contributed by atoms with Gasteiger partial charge in [0.2, 0.25) is 10.0 Å². The van der Waals surface area contributed by atoms with Gasteiger partial charge in [0.25, 0.3) is 0 Å². The molecule has 1 aliphatic rings. The molecule has 9 nitrogen and oxygen atoms in total. The molecule has 1 aromatic carbocycles. The van der Waals surface area contributed by atoms with Gasteiger partial charge in [-0.3, -0.25) is 4.79 Å². The molecule has 1 N–H and O–H groups in total. The molecule has 1 fully saturated rings. The second-order valence-electron chi connectivity index (χ2n) is 6.82. The molecular weight excluding hydrogens is 402 g/mol. The van der Waals surface area contributed by atoms with E-state index in [9.17, 15) is 22.8 Å². The van der Waals surface area contributed by atoms with Crippen molar-refractivity contribution in [3.63, 3.8) is 0 Å². The van der Waals surface area contributed by atoms with Crippen molar-refractivity contribution in [3.05, 3.63) is 29.3 Å².